The third-order valence-corrected chi connectivity index (χ3v) is 11.0. The van der Waals surface area contributed by atoms with Gasteiger partial charge in [-0.2, -0.15) is 8.42 Å². The molecule has 1 saturated heterocycles. The van der Waals surface area contributed by atoms with Gasteiger partial charge in [-0.05, 0) is 71.2 Å². The molecule has 1 aliphatic heterocycles. The number of esters is 1. The Kier molecular flexibility index (Phi) is 16.5. The van der Waals surface area contributed by atoms with Gasteiger partial charge in [-0.25, -0.2) is 4.18 Å². The third kappa shape index (κ3) is 13.9. The molecule has 0 aromatic heterocycles. The highest BCUT2D eigenvalue weighted by molar-refractivity contribution is 7.80. The van der Waals surface area contributed by atoms with Crippen molar-refractivity contribution in [2.24, 2.45) is 0 Å². The van der Waals surface area contributed by atoms with E-state index in [0.29, 0.717) is 12.8 Å². The number of aliphatic hydroxyl groups excluding tert-OH is 2. The molecule has 4 aromatic rings. The summed E-state index contributed by atoms with van der Waals surface area (Å²) >= 11 is 0. The lowest BCUT2D eigenvalue weighted by Gasteiger charge is -2.43. The first-order valence-corrected chi connectivity index (χ1v) is 21.5. The SMILES string of the molecule is [2H]OS(=O)(=O)O[C@H]1[C@H](OC(=O)CCCCCCCCc2ccc3ccccc3c2)[C@@H](NC(=O)CCCCCCCCc2ccc3ccccc3c2)C(O)O[C@@H]1CO. The molecule has 0 bridgehead atoms. The van der Waals surface area contributed by atoms with Crippen LogP contribution in [0.15, 0.2) is 84.9 Å². The minimum Gasteiger partial charge on any atom is -0.457 e. The minimum absolute atomic E-state index is 0.00563. The van der Waals surface area contributed by atoms with Crippen molar-refractivity contribution in [3.8, 4) is 0 Å². The largest absolute Gasteiger partial charge is 0.457 e. The van der Waals surface area contributed by atoms with Crippen LogP contribution in [0.2, 0.25) is 0 Å². The lowest BCUT2D eigenvalue weighted by Crippen LogP contribution is -2.66. The van der Waals surface area contributed by atoms with Crippen molar-refractivity contribution < 1.29 is 46.4 Å². The number of carbonyl (C=O) groups excluding carboxylic acids is 2. The molecule has 56 heavy (non-hydrogen) atoms. The molecule has 0 aliphatic carbocycles. The average molecular weight is 793 g/mol. The van der Waals surface area contributed by atoms with E-state index in [9.17, 15) is 28.2 Å². The van der Waals surface area contributed by atoms with Gasteiger partial charge in [0.05, 0.1) is 6.61 Å². The van der Waals surface area contributed by atoms with Crippen LogP contribution in [-0.2, 0) is 46.5 Å². The number of rotatable bonds is 24. The molecular weight excluding hydrogens is 735 g/mol. The zero-order valence-electron chi connectivity index (χ0n) is 33.1. The van der Waals surface area contributed by atoms with Crippen molar-refractivity contribution in [2.45, 2.75) is 133 Å². The van der Waals surface area contributed by atoms with Gasteiger partial charge in [-0.3, -0.25) is 14.1 Å². The van der Waals surface area contributed by atoms with Crippen molar-refractivity contribution >= 4 is 43.8 Å². The van der Waals surface area contributed by atoms with Gasteiger partial charge in [0.25, 0.3) is 0 Å². The number of aryl methyl sites for hydroxylation is 2. The van der Waals surface area contributed by atoms with Crippen LogP contribution in [0.4, 0.5) is 0 Å². The van der Waals surface area contributed by atoms with E-state index in [4.69, 9.17) is 15.1 Å². The Morgan fingerprint density at radius 2 is 1.18 bits per heavy atom. The summed E-state index contributed by atoms with van der Waals surface area (Å²) in [5.74, 6) is -1.15. The molecule has 1 heterocycles. The number of nitrogens with one attached hydrogen (secondary N) is 1. The smallest absolute Gasteiger partial charge is 0.397 e. The van der Waals surface area contributed by atoms with E-state index in [-0.39, 0.29) is 12.8 Å². The first-order chi connectivity index (χ1) is 27.7. The van der Waals surface area contributed by atoms with Crippen molar-refractivity contribution in [3.05, 3.63) is 96.1 Å². The van der Waals surface area contributed by atoms with Crippen molar-refractivity contribution in [3.63, 3.8) is 0 Å². The number of ether oxygens (including phenoxy) is 2. The summed E-state index contributed by atoms with van der Waals surface area (Å²) < 4.78 is 50.9. The second-order valence-electron chi connectivity index (χ2n) is 14.9. The highest BCUT2D eigenvalue weighted by Crippen LogP contribution is 2.27. The van der Waals surface area contributed by atoms with Crippen molar-refractivity contribution in [1.82, 2.24) is 5.32 Å². The third-order valence-electron chi connectivity index (χ3n) is 10.5. The number of hydrogen-bond donors (Lipinski definition) is 4. The molecule has 1 amide bonds. The van der Waals surface area contributed by atoms with Crippen LogP contribution in [-0.4, -0.2) is 72.3 Å². The molecule has 4 N–H and O–H groups in total. The molecule has 11 nitrogen and oxygen atoms in total. The standard InChI is InChI=1S/C44H57NO10S/c46-31-38-42(55-56(50,51)52)43(54-40(48)24-12-8-4-2-6-10-18-33-26-28-35-20-14-16-22-37(35)30-33)41(44(49)53-38)45-39(47)23-11-7-3-1-5-9-17-32-25-27-34-19-13-15-21-36(34)29-32/h13-16,19-22,25-30,38,41-44,46,49H,1-12,17-18,23-24,31H2,(H,45,47)(H,50,51,52)/t38-,41-,42-,43-,44?/m1/s1/i/hD. The maximum atomic E-state index is 13.1. The molecule has 304 valence electrons. The molecule has 1 unspecified atom stereocenters. The van der Waals surface area contributed by atoms with Gasteiger partial charge in [0, 0.05) is 12.8 Å². The van der Waals surface area contributed by atoms with Crippen LogP contribution in [0, 0.1) is 0 Å². The summed E-state index contributed by atoms with van der Waals surface area (Å²) in [6.45, 7) is -0.812. The van der Waals surface area contributed by atoms with Crippen LogP contribution >= 0.6 is 0 Å². The Labute approximate surface area is 332 Å². The van der Waals surface area contributed by atoms with Gasteiger partial charge in [0.15, 0.2) is 12.4 Å². The van der Waals surface area contributed by atoms with Gasteiger partial charge in [-0.1, -0.05) is 136 Å². The Bertz CT molecular complexity index is 1980. The maximum absolute atomic E-state index is 13.1. The van der Waals surface area contributed by atoms with Crippen LogP contribution in [0.3, 0.4) is 0 Å². The van der Waals surface area contributed by atoms with Gasteiger partial charge >= 0.3 is 16.4 Å². The van der Waals surface area contributed by atoms with Gasteiger partial charge < -0.3 is 25.0 Å². The van der Waals surface area contributed by atoms with Crippen molar-refractivity contribution in [1.29, 1.82) is 1.43 Å². The van der Waals surface area contributed by atoms with Crippen LogP contribution in [0.5, 0.6) is 0 Å². The zero-order valence-corrected chi connectivity index (χ0v) is 32.9. The number of aliphatic hydroxyl groups is 2. The highest BCUT2D eigenvalue weighted by atomic mass is 32.3. The van der Waals surface area contributed by atoms with Crippen LogP contribution in [0.25, 0.3) is 23.0 Å². The normalized spacial score (nSPS) is 20.2. The Balaban J connectivity index is 1.03. The summed E-state index contributed by atoms with van der Waals surface area (Å²) in [6, 6.07) is 28.4. The Morgan fingerprint density at radius 1 is 0.679 bits per heavy atom. The monoisotopic (exact) mass is 792 g/mol. The summed E-state index contributed by atoms with van der Waals surface area (Å²) in [6.07, 6.45) is 6.49. The number of fused-ring (bicyclic) bond motifs is 2. The number of carbonyl (C=O) groups is 2. The van der Waals surface area contributed by atoms with Gasteiger partial charge in [0.2, 0.25) is 7.34 Å². The van der Waals surface area contributed by atoms with E-state index in [1.807, 2.05) is 24.3 Å². The number of hydrogen-bond acceptors (Lipinski definition) is 10. The maximum Gasteiger partial charge on any atom is 0.397 e. The molecule has 5 atom stereocenters. The molecular formula is C44H57NO10S. The van der Waals surface area contributed by atoms with Gasteiger partial charge in [-0.15, -0.1) is 0 Å². The number of unbranched alkanes of at least 4 members (excludes halogenated alkanes) is 10. The van der Waals surface area contributed by atoms with E-state index >= 15 is 0 Å². The van der Waals surface area contributed by atoms with Gasteiger partial charge in [0.1, 0.15) is 18.2 Å². The molecule has 1 aliphatic rings. The quantitative estimate of drug-likeness (QED) is 0.0316. The predicted octanol–water partition coefficient (Wildman–Crippen LogP) is 7.53. The molecule has 4 aromatic carbocycles. The minimum atomic E-state index is -4.92. The van der Waals surface area contributed by atoms with E-state index in [2.05, 4.69) is 70.5 Å². The molecule has 0 spiro atoms. The lowest BCUT2D eigenvalue weighted by molar-refractivity contribution is -0.254. The lowest BCUT2D eigenvalue weighted by atomic mass is 9.96. The predicted molar refractivity (Wildman–Crippen MR) is 216 cm³/mol. The number of benzene rings is 4. The first-order valence-electron chi connectivity index (χ1n) is 20.5. The van der Waals surface area contributed by atoms with E-state index < -0.39 is 59.5 Å². The highest BCUT2D eigenvalue weighted by Gasteiger charge is 2.50. The summed E-state index contributed by atoms with van der Waals surface area (Å²) in [5.41, 5.74) is 2.63. The van der Waals surface area contributed by atoms with E-state index in [1.54, 1.807) is 0 Å². The molecule has 0 radical (unpaired) electrons. The van der Waals surface area contributed by atoms with Crippen LogP contribution < -0.4 is 5.32 Å². The summed E-state index contributed by atoms with van der Waals surface area (Å²) in [4.78, 5) is 26.1. The average Bonchev–Trinajstić information content (AvgIpc) is 3.21. The number of amides is 1. The first kappa shape index (κ1) is 41.7. The second-order valence-corrected chi connectivity index (χ2v) is 15.9. The van der Waals surface area contributed by atoms with E-state index in [1.165, 1.54) is 32.7 Å². The van der Waals surface area contributed by atoms with E-state index in [0.717, 1.165) is 77.0 Å². The molecule has 12 heteroatoms. The van der Waals surface area contributed by atoms with Crippen LogP contribution in [0.1, 0.15) is 101 Å². The second kappa shape index (κ2) is 22.1. The Morgan fingerprint density at radius 3 is 1.71 bits per heavy atom. The summed E-state index contributed by atoms with van der Waals surface area (Å²) in [5, 5.41) is 28.3. The molecule has 0 saturated carbocycles. The summed E-state index contributed by atoms with van der Waals surface area (Å²) in [7, 11) is -4.92. The van der Waals surface area contributed by atoms with Crippen molar-refractivity contribution in [2.75, 3.05) is 6.61 Å². The zero-order chi connectivity index (χ0) is 40.5. The topological polar surface area (TPSA) is 169 Å². The Hall–Kier alpha value is -3.91. The molecule has 1 fully saturated rings. The fraction of sp³-hybridized carbons (Fsp3) is 0.500. The fourth-order valence-corrected chi connectivity index (χ4v) is 8.00. The molecule has 5 rings (SSSR count). The fourth-order valence-electron chi connectivity index (χ4n) is 7.50.